The Morgan fingerprint density at radius 3 is 2.54 bits per heavy atom. The third-order valence-electron chi connectivity index (χ3n) is 3.51. The van der Waals surface area contributed by atoms with E-state index < -0.39 is 36.1 Å². The molecule has 2 N–H and O–H groups in total. The molecule has 0 aliphatic rings. The van der Waals surface area contributed by atoms with E-state index in [4.69, 9.17) is 0 Å². The SMILES string of the molecule is CC(=O)NC(CC(=O)NCc1ccc(F)cc1C(F)(F)F)c1cccs1. The highest BCUT2D eigenvalue weighted by Crippen LogP contribution is 2.32. The normalized spacial score (nSPS) is 12.5. The van der Waals surface area contributed by atoms with Crippen molar-refractivity contribution in [2.45, 2.75) is 32.1 Å². The molecule has 4 nitrogen and oxygen atoms in total. The van der Waals surface area contributed by atoms with Gasteiger partial charge in [0, 0.05) is 18.3 Å². The highest BCUT2D eigenvalue weighted by molar-refractivity contribution is 7.10. The fraction of sp³-hybridized carbons (Fsp3) is 0.294. The van der Waals surface area contributed by atoms with Crippen LogP contribution in [0.15, 0.2) is 35.7 Å². The topological polar surface area (TPSA) is 58.2 Å². The zero-order valence-corrected chi connectivity index (χ0v) is 14.5. The van der Waals surface area contributed by atoms with Crippen LogP contribution in [-0.4, -0.2) is 11.8 Å². The molecule has 1 unspecified atom stereocenters. The number of alkyl halides is 3. The number of hydrogen-bond donors (Lipinski definition) is 2. The molecule has 1 aromatic heterocycles. The lowest BCUT2D eigenvalue weighted by atomic mass is 10.1. The summed E-state index contributed by atoms with van der Waals surface area (Å²) >= 11 is 1.35. The van der Waals surface area contributed by atoms with Crippen molar-refractivity contribution in [3.8, 4) is 0 Å². The lowest BCUT2D eigenvalue weighted by Gasteiger charge is -2.17. The van der Waals surface area contributed by atoms with Crippen LogP contribution < -0.4 is 10.6 Å². The number of carbonyl (C=O) groups excluding carboxylic acids is 2. The maximum absolute atomic E-state index is 13.1. The van der Waals surface area contributed by atoms with Crippen molar-refractivity contribution in [1.29, 1.82) is 0 Å². The Hall–Kier alpha value is -2.42. The predicted octanol–water partition coefficient (Wildman–Crippen LogP) is 3.79. The lowest BCUT2D eigenvalue weighted by molar-refractivity contribution is -0.138. The minimum absolute atomic E-state index is 0.122. The number of carbonyl (C=O) groups is 2. The van der Waals surface area contributed by atoms with E-state index in [1.54, 1.807) is 17.5 Å². The molecule has 0 spiro atoms. The number of thiophene rings is 1. The second kappa shape index (κ2) is 8.31. The molecule has 1 atom stereocenters. The Balaban J connectivity index is 2.05. The van der Waals surface area contributed by atoms with Crippen LogP contribution in [0.4, 0.5) is 17.6 Å². The summed E-state index contributed by atoms with van der Waals surface area (Å²) in [5, 5.41) is 6.81. The van der Waals surface area contributed by atoms with Gasteiger partial charge in [-0.25, -0.2) is 4.39 Å². The molecule has 2 amide bonds. The summed E-state index contributed by atoms with van der Waals surface area (Å²) in [4.78, 5) is 24.2. The van der Waals surface area contributed by atoms with Crippen LogP contribution in [0, 0.1) is 5.82 Å². The Morgan fingerprint density at radius 2 is 1.96 bits per heavy atom. The molecule has 0 bridgehead atoms. The van der Waals surface area contributed by atoms with Crippen LogP contribution in [0.1, 0.15) is 35.4 Å². The molecule has 9 heteroatoms. The molecule has 1 aromatic carbocycles. The Labute approximate surface area is 151 Å². The summed E-state index contributed by atoms with van der Waals surface area (Å²) in [6, 6.07) is 5.24. The molecule has 0 aliphatic heterocycles. The summed E-state index contributed by atoms with van der Waals surface area (Å²) in [7, 11) is 0. The smallest absolute Gasteiger partial charge is 0.352 e. The van der Waals surface area contributed by atoms with E-state index in [0.717, 1.165) is 17.0 Å². The zero-order valence-electron chi connectivity index (χ0n) is 13.7. The number of nitrogens with one attached hydrogen (secondary N) is 2. The quantitative estimate of drug-likeness (QED) is 0.740. The second-order valence-electron chi connectivity index (χ2n) is 5.55. The summed E-state index contributed by atoms with van der Waals surface area (Å²) in [6.45, 7) is 0.915. The molecule has 0 saturated heterocycles. The molecule has 140 valence electrons. The van der Waals surface area contributed by atoms with Gasteiger partial charge in [-0.15, -0.1) is 11.3 Å². The first-order valence-electron chi connectivity index (χ1n) is 7.59. The van der Waals surface area contributed by atoms with Crippen molar-refractivity contribution in [2.24, 2.45) is 0 Å². The van der Waals surface area contributed by atoms with Gasteiger partial charge < -0.3 is 10.6 Å². The minimum Gasteiger partial charge on any atom is -0.352 e. The van der Waals surface area contributed by atoms with Gasteiger partial charge in [-0.2, -0.15) is 13.2 Å². The summed E-state index contributed by atoms with van der Waals surface area (Å²) in [5.74, 6) is -1.86. The van der Waals surface area contributed by atoms with Crippen LogP contribution in [-0.2, 0) is 22.3 Å². The van der Waals surface area contributed by atoms with Gasteiger partial charge in [0.2, 0.25) is 11.8 Å². The van der Waals surface area contributed by atoms with Crippen LogP contribution in [0.2, 0.25) is 0 Å². The largest absolute Gasteiger partial charge is 0.416 e. The number of amides is 2. The predicted molar refractivity (Wildman–Crippen MR) is 88.7 cm³/mol. The first kappa shape index (κ1) is 19.9. The molecule has 0 fully saturated rings. The molecule has 0 radical (unpaired) electrons. The summed E-state index contributed by atoms with van der Waals surface area (Å²) in [5.41, 5.74) is -1.37. The molecular formula is C17H16F4N2O2S. The van der Waals surface area contributed by atoms with Gasteiger partial charge in [0.25, 0.3) is 0 Å². The van der Waals surface area contributed by atoms with Crippen LogP contribution in [0.25, 0.3) is 0 Å². The first-order chi connectivity index (χ1) is 12.2. The van der Waals surface area contributed by atoms with Gasteiger partial charge in [0.15, 0.2) is 0 Å². The van der Waals surface area contributed by atoms with Gasteiger partial charge in [-0.05, 0) is 29.1 Å². The van der Waals surface area contributed by atoms with Crippen LogP contribution in [0.3, 0.4) is 0 Å². The average molecular weight is 388 g/mol. The number of rotatable bonds is 6. The standard InChI is InChI=1S/C17H16F4N2O2S/c1-10(24)23-14(15-3-2-6-26-15)8-16(25)22-9-11-4-5-12(18)7-13(11)17(19,20)21/h2-7,14H,8-9H2,1H3,(H,22,25)(H,23,24). The van der Waals surface area contributed by atoms with Crippen LogP contribution >= 0.6 is 11.3 Å². The van der Waals surface area contributed by atoms with Crippen molar-refractivity contribution >= 4 is 23.2 Å². The molecule has 2 aromatic rings. The van der Waals surface area contributed by atoms with Gasteiger partial charge in [0.1, 0.15) is 5.82 Å². The van der Waals surface area contributed by atoms with E-state index >= 15 is 0 Å². The van der Waals surface area contributed by atoms with Crippen molar-refractivity contribution in [1.82, 2.24) is 10.6 Å². The van der Waals surface area contributed by atoms with E-state index in [2.05, 4.69) is 10.6 Å². The van der Waals surface area contributed by atoms with Gasteiger partial charge in [-0.1, -0.05) is 12.1 Å². The monoisotopic (exact) mass is 388 g/mol. The van der Waals surface area contributed by atoms with Crippen molar-refractivity contribution in [3.05, 3.63) is 57.5 Å². The Morgan fingerprint density at radius 1 is 1.23 bits per heavy atom. The zero-order chi connectivity index (χ0) is 19.3. The highest BCUT2D eigenvalue weighted by Gasteiger charge is 2.33. The van der Waals surface area contributed by atoms with Crippen molar-refractivity contribution < 1.29 is 27.2 Å². The number of halogens is 4. The summed E-state index contributed by atoms with van der Waals surface area (Å²) < 4.78 is 52.0. The van der Waals surface area contributed by atoms with Crippen molar-refractivity contribution in [3.63, 3.8) is 0 Å². The van der Waals surface area contributed by atoms with E-state index in [-0.39, 0.29) is 17.9 Å². The highest BCUT2D eigenvalue weighted by atomic mass is 32.1. The first-order valence-corrected chi connectivity index (χ1v) is 8.47. The lowest BCUT2D eigenvalue weighted by Crippen LogP contribution is -2.32. The molecule has 2 rings (SSSR count). The van der Waals surface area contributed by atoms with E-state index in [0.29, 0.717) is 6.07 Å². The minimum atomic E-state index is -4.72. The third-order valence-corrected chi connectivity index (χ3v) is 4.49. The number of benzene rings is 1. The number of hydrogen-bond acceptors (Lipinski definition) is 3. The Bertz CT molecular complexity index is 776. The molecule has 0 aliphatic carbocycles. The average Bonchev–Trinajstić information content (AvgIpc) is 3.06. The van der Waals surface area contributed by atoms with Gasteiger partial charge in [-0.3, -0.25) is 9.59 Å². The van der Waals surface area contributed by atoms with Gasteiger partial charge in [0.05, 0.1) is 18.0 Å². The molecule has 1 heterocycles. The maximum Gasteiger partial charge on any atom is 0.416 e. The van der Waals surface area contributed by atoms with E-state index in [1.165, 1.54) is 18.3 Å². The molecule has 26 heavy (non-hydrogen) atoms. The maximum atomic E-state index is 13.1. The van der Waals surface area contributed by atoms with Crippen molar-refractivity contribution in [2.75, 3.05) is 0 Å². The fourth-order valence-corrected chi connectivity index (χ4v) is 3.15. The van der Waals surface area contributed by atoms with Crippen LogP contribution in [0.5, 0.6) is 0 Å². The summed E-state index contributed by atoms with van der Waals surface area (Å²) in [6.07, 6.45) is -4.85. The third kappa shape index (κ3) is 5.55. The Kier molecular flexibility index (Phi) is 6.36. The molecular weight excluding hydrogens is 372 g/mol. The van der Waals surface area contributed by atoms with E-state index in [9.17, 15) is 27.2 Å². The van der Waals surface area contributed by atoms with Gasteiger partial charge >= 0.3 is 6.18 Å². The van der Waals surface area contributed by atoms with E-state index in [1.807, 2.05) is 0 Å². The molecule has 0 saturated carbocycles. The second-order valence-corrected chi connectivity index (χ2v) is 6.53. The fourth-order valence-electron chi connectivity index (χ4n) is 2.38.